The number of Topliss-reactive ketones (excluding diaryl/α,β-unsaturated/α-hetero) is 1. The van der Waals surface area contributed by atoms with E-state index in [2.05, 4.69) is 4.90 Å². The van der Waals surface area contributed by atoms with Crippen molar-refractivity contribution < 1.29 is 24.2 Å². The van der Waals surface area contributed by atoms with Gasteiger partial charge in [0.1, 0.15) is 11.5 Å². The lowest BCUT2D eigenvalue weighted by Crippen LogP contribution is -2.39. The first-order valence-electron chi connectivity index (χ1n) is 11.1. The topological polar surface area (TPSA) is 79.3 Å². The van der Waals surface area contributed by atoms with Crippen molar-refractivity contribution in [1.29, 1.82) is 0 Å². The Morgan fingerprint density at radius 1 is 1.09 bits per heavy atom. The molecular weight excluding hydrogens is 479 g/mol. The van der Waals surface area contributed by atoms with Crippen molar-refractivity contribution in [3.63, 3.8) is 0 Å². The molecule has 0 bridgehead atoms. The number of morpholine rings is 1. The summed E-state index contributed by atoms with van der Waals surface area (Å²) in [5.41, 5.74) is 0.944. The summed E-state index contributed by atoms with van der Waals surface area (Å²) in [5.74, 6) is -1.05. The van der Waals surface area contributed by atoms with Gasteiger partial charge in [-0.05, 0) is 48.4 Å². The minimum absolute atomic E-state index is 0.00533. The van der Waals surface area contributed by atoms with Gasteiger partial charge >= 0.3 is 0 Å². The number of likely N-dealkylation sites (tertiary alicyclic amines) is 1. The highest BCUT2D eigenvalue weighted by atomic mass is 35.5. The van der Waals surface area contributed by atoms with E-state index in [1.54, 1.807) is 49.6 Å². The van der Waals surface area contributed by atoms with Crippen LogP contribution in [0.25, 0.3) is 5.76 Å². The number of ether oxygens (including phenoxy) is 2. The number of hydrogen-bond donors (Lipinski definition) is 1. The van der Waals surface area contributed by atoms with Crippen molar-refractivity contribution in [3.05, 3.63) is 69.2 Å². The molecule has 2 fully saturated rings. The standard InChI is InChI=1S/C25H26Cl2N2O5/c1-33-18-6-3-16(4-7-18)23(30)21-22(19-8-5-17(26)15-20(19)27)29(25(32)24(21)31)10-2-9-28-11-13-34-14-12-28/h3-8,15,22,30H,2,9-14H2,1H3/b23-21+/t22-/m0/s1. The van der Waals surface area contributed by atoms with E-state index in [9.17, 15) is 14.7 Å². The summed E-state index contributed by atoms with van der Waals surface area (Å²) in [6, 6.07) is 10.7. The van der Waals surface area contributed by atoms with Crippen LogP contribution < -0.4 is 4.74 Å². The van der Waals surface area contributed by atoms with Crippen LogP contribution >= 0.6 is 23.2 Å². The maximum atomic E-state index is 13.2. The Bertz CT molecular complexity index is 1100. The molecule has 0 spiro atoms. The van der Waals surface area contributed by atoms with Gasteiger partial charge in [-0.2, -0.15) is 0 Å². The molecule has 180 valence electrons. The first kappa shape index (κ1) is 24.5. The van der Waals surface area contributed by atoms with Gasteiger partial charge in [-0.3, -0.25) is 14.5 Å². The van der Waals surface area contributed by atoms with Crippen LogP contribution in [-0.2, 0) is 14.3 Å². The number of halogens is 2. The van der Waals surface area contributed by atoms with Crippen molar-refractivity contribution in [2.45, 2.75) is 12.5 Å². The van der Waals surface area contributed by atoms with E-state index < -0.39 is 17.7 Å². The maximum absolute atomic E-state index is 13.2. The minimum atomic E-state index is -0.823. The quantitative estimate of drug-likeness (QED) is 0.346. The largest absolute Gasteiger partial charge is 0.507 e. The molecule has 0 unspecified atom stereocenters. The molecule has 1 atom stereocenters. The van der Waals surface area contributed by atoms with Gasteiger partial charge in [0.2, 0.25) is 0 Å². The lowest BCUT2D eigenvalue weighted by atomic mass is 9.95. The van der Waals surface area contributed by atoms with Gasteiger partial charge in [-0.1, -0.05) is 29.3 Å². The monoisotopic (exact) mass is 504 g/mol. The number of methoxy groups -OCH3 is 1. The molecule has 0 radical (unpaired) electrons. The van der Waals surface area contributed by atoms with Crippen molar-refractivity contribution in [2.75, 3.05) is 46.5 Å². The molecule has 0 saturated carbocycles. The Kier molecular flexibility index (Phi) is 7.78. The molecule has 0 aliphatic carbocycles. The summed E-state index contributed by atoms with van der Waals surface area (Å²) in [5, 5.41) is 11.9. The Morgan fingerprint density at radius 2 is 1.79 bits per heavy atom. The summed E-state index contributed by atoms with van der Waals surface area (Å²) < 4.78 is 10.6. The molecule has 1 N–H and O–H groups in total. The van der Waals surface area contributed by atoms with Crippen LogP contribution in [0.2, 0.25) is 10.0 Å². The van der Waals surface area contributed by atoms with E-state index in [1.807, 2.05) is 0 Å². The van der Waals surface area contributed by atoms with Crippen LogP contribution in [-0.4, -0.2) is 73.1 Å². The summed E-state index contributed by atoms with van der Waals surface area (Å²) in [7, 11) is 1.54. The summed E-state index contributed by atoms with van der Waals surface area (Å²) in [4.78, 5) is 30.0. The molecule has 4 rings (SSSR count). The van der Waals surface area contributed by atoms with Gasteiger partial charge in [0, 0.05) is 41.8 Å². The van der Waals surface area contributed by atoms with Gasteiger partial charge in [0.25, 0.3) is 11.7 Å². The molecule has 2 heterocycles. The van der Waals surface area contributed by atoms with Gasteiger partial charge in [0.05, 0.1) is 31.9 Å². The number of aliphatic hydroxyl groups excluding tert-OH is 1. The fourth-order valence-corrected chi connectivity index (χ4v) is 4.86. The van der Waals surface area contributed by atoms with E-state index >= 15 is 0 Å². The second-order valence-corrected chi connectivity index (χ2v) is 9.04. The Balaban J connectivity index is 1.70. The van der Waals surface area contributed by atoms with Crippen LogP contribution in [0.3, 0.4) is 0 Å². The number of rotatable bonds is 7. The predicted octanol–water partition coefficient (Wildman–Crippen LogP) is 4.15. The SMILES string of the molecule is COc1ccc(/C(O)=C2\C(=O)C(=O)N(CCCN3CCOCC3)[C@H]2c2ccc(Cl)cc2Cl)cc1. The van der Waals surface area contributed by atoms with Crippen LogP contribution in [0.4, 0.5) is 0 Å². The number of carbonyl (C=O) groups excluding carboxylic acids is 2. The zero-order valence-corrected chi connectivity index (χ0v) is 20.3. The number of hydrogen-bond acceptors (Lipinski definition) is 6. The van der Waals surface area contributed by atoms with E-state index in [4.69, 9.17) is 32.7 Å². The second kappa shape index (κ2) is 10.8. The first-order valence-corrected chi connectivity index (χ1v) is 11.8. The number of benzene rings is 2. The summed E-state index contributed by atoms with van der Waals surface area (Å²) in [6.07, 6.45) is 0.664. The van der Waals surface area contributed by atoms with Crippen LogP contribution in [0.5, 0.6) is 5.75 Å². The Labute approximate surface area is 208 Å². The summed E-state index contributed by atoms with van der Waals surface area (Å²) in [6.45, 7) is 4.15. The fraction of sp³-hybridized carbons (Fsp3) is 0.360. The highest BCUT2D eigenvalue weighted by Gasteiger charge is 2.46. The number of carbonyl (C=O) groups is 2. The average molecular weight is 505 g/mol. The van der Waals surface area contributed by atoms with Gasteiger partial charge in [-0.25, -0.2) is 0 Å². The predicted molar refractivity (Wildman–Crippen MR) is 130 cm³/mol. The lowest BCUT2D eigenvalue weighted by molar-refractivity contribution is -0.140. The molecular formula is C25H26Cl2N2O5. The number of amides is 1. The molecule has 9 heteroatoms. The molecule has 2 aliphatic heterocycles. The van der Waals surface area contributed by atoms with E-state index in [0.29, 0.717) is 53.1 Å². The van der Waals surface area contributed by atoms with Crippen molar-refractivity contribution in [2.24, 2.45) is 0 Å². The molecule has 0 aromatic heterocycles. The van der Waals surface area contributed by atoms with Crippen molar-refractivity contribution >= 4 is 40.7 Å². The second-order valence-electron chi connectivity index (χ2n) is 8.19. The van der Waals surface area contributed by atoms with Crippen molar-refractivity contribution in [3.8, 4) is 5.75 Å². The molecule has 2 aromatic rings. The molecule has 2 aromatic carbocycles. The van der Waals surface area contributed by atoms with Gasteiger partial charge < -0.3 is 19.5 Å². The normalized spacial score (nSPS) is 20.7. The first-order chi connectivity index (χ1) is 16.4. The molecule has 1 amide bonds. The zero-order chi connectivity index (χ0) is 24.2. The number of nitrogens with zero attached hydrogens (tertiary/aromatic N) is 2. The van der Waals surface area contributed by atoms with Gasteiger partial charge in [-0.15, -0.1) is 0 Å². The highest BCUT2D eigenvalue weighted by Crippen LogP contribution is 2.42. The summed E-state index contributed by atoms with van der Waals surface area (Å²) >= 11 is 12.6. The fourth-order valence-electron chi connectivity index (χ4n) is 4.35. The molecule has 34 heavy (non-hydrogen) atoms. The maximum Gasteiger partial charge on any atom is 0.295 e. The number of aliphatic hydroxyl groups is 1. The van der Waals surface area contributed by atoms with Crippen molar-refractivity contribution in [1.82, 2.24) is 9.80 Å². The van der Waals surface area contributed by atoms with E-state index in [1.165, 1.54) is 4.90 Å². The van der Waals surface area contributed by atoms with Gasteiger partial charge in [0.15, 0.2) is 0 Å². The van der Waals surface area contributed by atoms with E-state index in [0.717, 1.165) is 19.6 Å². The average Bonchev–Trinajstić information content (AvgIpc) is 3.09. The lowest BCUT2D eigenvalue weighted by Gasteiger charge is -2.29. The minimum Gasteiger partial charge on any atom is -0.507 e. The smallest absolute Gasteiger partial charge is 0.295 e. The number of ketones is 1. The Hall–Kier alpha value is -2.58. The molecule has 2 aliphatic rings. The third-order valence-corrected chi connectivity index (χ3v) is 6.70. The third-order valence-electron chi connectivity index (χ3n) is 6.14. The van der Waals surface area contributed by atoms with Crippen LogP contribution in [0, 0.1) is 0 Å². The van der Waals surface area contributed by atoms with Crippen LogP contribution in [0.1, 0.15) is 23.6 Å². The third kappa shape index (κ3) is 5.08. The zero-order valence-electron chi connectivity index (χ0n) is 18.8. The molecule has 7 nitrogen and oxygen atoms in total. The van der Waals surface area contributed by atoms with Crippen LogP contribution in [0.15, 0.2) is 48.0 Å². The highest BCUT2D eigenvalue weighted by molar-refractivity contribution is 6.47. The van der Waals surface area contributed by atoms with E-state index in [-0.39, 0.29) is 11.3 Å². The Morgan fingerprint density at radius 3 is 2.44 bits per heavy atom. The molecule has 2 saturated heterocycles.